The number of hydrogen-bond donors (Lipinski definition) is 1. The smallest absolute Gasteiger partial charge is 0.262 e. The van der Waals surface area contributed by atoms with E-state index < -0.39 is 11.7 Å². The van der Waals surface area contributed by atoms with Gasteiger partial charge in [0.2, 0.25) is 5.75 Å². The monoisotopic (exact) mass is 479 g/mol. The molecule has 1 N–H and O–H groups in total. The van der Waals surface area contributed by atoms with Crippen molar-refractivity contribution >= 4 is 22.6 Å². The first-order chi connectivity index (χ1) is 16.9. The Morgan fingerprint density at radius 2 is 1.60 bits per heavy atom. The van der Waals surface area contributed by atoms with Gasteiger partial charge in [-0.1, -0.05) is 0 Å². The molecule has 0 aliphatic rings. The number of amides is 1. The van der Waals surface area contributed by atoms with E-state index in [4.69, 9.17) is 23.4 Å². The summed E-state index contributed by atoms with van der Waals surface area (Å²) in [6.45, 7) is -0.294. The lowest BCUT2D eigenvalue weighted by atomic mass is 10.1. The summed E-state index contributed by atoms with van der Waals surface area (Å²) in [5.74, 6) is 1.07. The number of halogens is 1. The number of rotatable bonds is 8. The SMILES string of the molecule is COc1cc(-c2cc(=O)c3cc(OCC(=O)Nc4ccc(F)cc4)ccc3o2)cc(OC)c1OC. The van der Waals surface area contributed by atoms with Crippen molar-refractivity contribution in [2.75, 3.05) is 33.3 Å². The average Bonchev–Trinajstić information content (AvgIpc) is 2.87. The second-order valence-electron chi connectivity index (χ2n) is 7.39. The third-order valence-electron chi connectivity index (χ3n) is 5.15. The maximum atomic E-state index is 13.0. The van der Waals surface area contributed by atoms with E-state index in [0.29, 0.717) is 45.6 Å². The van der Waals surface area contributed by atoms with Crippen LogP contribution in [0.1, 0.15) is 0 Å². The molecule has 0 aliphatic heterocycles. The van der Waals surface area contributed by atoms with E-state index in [0.717, 1.165) is 0 Å². The van der Waals surface area contributed by atoms with Crippen molar-refractivity contribution < 1.29 is 32.5 Å². The zero-order chi connectivity index (χ0) is 24.9. The van der Waals surface area contributed by atoms with Crippen LogP contribution in [-0.4, -0.2) is 33.8 Å². The third-order valence-corrected chi connectivity index (χ3v) is 5.15. The van der Waals surface area contributed by atoms with Crippen LogP contribution in [0, 0.1) is 5.82 Å². The van der Waals surface area contributed by atoms with Crippen LogP contribution < -0.4 is 29.7 Å². The van der Waals surface area contributed by atoms with E-state index in [1.54, 1.807) is 24.3 Å². The summed E-state index contributed by atoms with van der Waals surface area (Å²) in [6.07, 6.45) is 0. The van der Waals surface area contributed by atoms with Gasteiger partial charge in [0.15, 0.2) is 23.5 Å². The molecule has 4 aromatic rings. The van der Waals surface area contributed by atoms with E-state index in [1.165, 1.54) is 57.7 Å². The van der Waals surface area contributed by atoms with Crippen LogP contribution >= 0.6 is 0 Å². The minimum atomic E-state index is -0.429. The molecule has 0 fully saturated rings. The number of carbonyl (C=O) groups excluding carboxylic acids is 1. The molecule has 1 heterocycles. The molecule has 0 saturated carbocycles. The second kappa shape index (κ2) is 10.2. The number of hydrogen-bond acceptors (Lipinski definition) is 7. The molecule has 9 heteroatoms. The summed E-state index contributed by atoms with van der Waals surface area (Å²) in [6, 6.07) is 14.8. The molecule has 3 aromatic carbocycles. The number of ether oxygens (including phenoxy) is 4. The van der Waals surface area contributed by atoms with E-state index >= 15 is 0 Å². The van der Waals surface area contributed by atoms with E-state index in [1.807, 2.05) is 0 Å². The first-order valence-electron chi connectivity index (χ1n) is 10.5. The van der Waals surface area contributed by atoms with Crippen molar-refractivity contribution in [3.63, 3.8) is 0 Å². The molecule has 0 radical (unpaired) electrons. The van der Waals surface area contributed by atoms with Crippen LogP contribution in [0.15, 0.2) is 69.9 Å². The zero-order valence-corrected chi connectivity index (χ0v) is 19.2. The maximum absolute atomic E-state index is 13.0. The van der Waals surface area contributed by atoms with E-state index in [-0.39, 0.29) is 17.4 Å². The minimum absolute atomic E-state index is 0.289. The average molecular weight is 479 g/mol. The summed E-state index contributed by atoms with van der Waals surface area (Å²) in [4.78, 5) is 25.0. The van der Waals surface area contributed by atoms with E-state index in [9.17, 15) is 14.0 Å². The van der Waals surface area contributed by atoms with Crippen molar-refractivity contribution in [2.24, 2.45) is 0 Å². The van der Waals surface area contributed by atoms with Gasteiger partial charge in [0, 0.05) is 17.3 Å². The number of anilines is 1. The predicted octanol–water partition coefficient (Wildman–Crippen LogP) is 4.64. The maximum Gasteiger partial charge on any atom is 0.262 e. The van der Waals surface area contributed by atoms with Gasteiger partial charge in [-0.2, -0.15) is 0 Å². The molecule has 0 aliphatic carbocycles. The zero-order valence-electron chi connectivity index (χ0n) is 19.2. The Kier molecular flexibility index (Phi) is 6.86. The lowest BCUT2D eigenvalue weighted by molar-refractivity contribution is -0.118. The van der Waals surface area contributed by atoms with Crippen molar-refractivity contribution in [3.05, 3.63) is 76.7 Å². The molecule has 0 bridgehead atoms. The topological polar surface area (TPSA) is 96.2 Å². The van der Waals surface area contributed by atoms with Gasteiger partial charge in [-0.3, -0.25) is 9.59 Å². The van der Waals surface area contributed by atoms with Crippen LogP contribution in [0.3, 0.4) is 0 Å². The molecule has 1 aromatic heterocycles. The Labute approximate surface area is 199 Å². The number of methoxy groups -OCH3 is 3. The fourth-order valence-corrected chi connectivity index (χ4v) is 3.47. The molecule has 180 valence electrons. The highest BCUT2D eigenvalue weighted by atomic mass is 19.1. The van der Waals surface area contributed by atoms with Crippen LogP contribution in [0.5, 0.6) is 23.0 Å². The second-order valence-corrected chi connectivity index (χ2v) is 7.39. The molecule has 1 amide bonds. The molecule has 8 nitrogen and oxygen atoms in total. The van der Waals surface area contributed by atoms with Crippen molar-refractivity contribution in [1.29, 1.82) is 0 Å². The summed E-state index contributed by atoms with van der Waals surface area (Å²) in [5, 5.41) is 2.89. The van der Waals surface area contributed by atoms with Crippen molar-refractivity contribution in [3.8, 4) is 34.3 Å². The van der Waals surface area contributed by atoms with Crippen molar-refractivity contribution in [1.82, 2.24) is 0 Å². The summed E-state index contributed by atoms with van der Waals surface area (Å²) in [7, 11) is 4.50. The fourth-order valence-electron chi connectivity index (χ4n) is 3.47. The Bertz CT molecular complexity index is 1410. The van der Waals surface area contributed by atoms with Crippen LogP contribution in [0.25, 0.3) is 22.3 Å². The lowest BCUT2D eigenvalue weighted by Gasteiger charge is -2.14. The molecular weight excluding hydrogens is 457 g/mol. The van der Waals surface area contributed by atoms with Gasteiger partial charge >= 0.3 is 0 Å². The lowest BCUT2D eigenvalue weighted by Crippen LogP contribution is -2.20. The summed E-state index contributed by atoms with van der Waals surface area (Å²) < 4.78 is 40.5. The molecule has 35 heavy (non-hydrogen) atoms. The molecule has 0 unspecified atom stereocenters. The van der Waals surface area contributed by atoms with Gasteiger partial charge in [-0.25, -0.2) is 4.39 Å². The molecule has 0 atom stereocenters. The van der Waals surface area contributed by atoms with Gasteiger partial charge in [0.1, 0.15) is 22.9 Å². The Balaban J connectivity index is 1.55. The fraction of sp³-hybridized carbons (Fsp3) is 0.154. The quantitative estimate of drug-likeness (QED) is 0.393. The Morgan fingerprint density at radius 3 is 2.23 bits per heavy atom. The van der Waals surface area contributed by atoms with Gasteiger partial charge < -0.3 is 28.7 Å². The third kappa shape index (κ3) is 5.19. The minimum Gasteiger partial charge on any atom is -0.493 e. The molecule has 0 saturated heterocycles. The number of benzene rings is 3. The highest BCUT2D eigenvalue weighted by Gasteiger charge is 2.17. The summed E-state index contributed by atoms with van der Waals surface area (Å²) in [5.41, 5.74) is 1.05. The van der Waals surface area contributed by atoms with Gasteiger partial charge in [-0.15, -0.1) is 0 Å². The normalized spacial score (nSPS) is 10.6. The number of nitrogens with one attached hydrogen (secondary N) is 1. The highest BCUT2D eigenvalue weighted by Crippen LogP contribution is 2.41. The van der Waals surface area contributed by atoms with Crippen LogP contribution in [0.4, 0.5) is 10.1 Å². The van der Waals surface area contributed by atoms with Crippen LogP contribution in [-0.2, 0) is 4.79 Å². The predicted molar refractivity (Wildman–Crippen MR) is 128 cm³/mol. The summed E-state index contributed by atoms with van der Waals surface area (Å²) >= 11 is 0. The highest BCUT2D eigenvalue weighted by molar-refractivity contribution is 5.92. The molecule has 4 rings (SSSR count). The molecule has 0 spiro atoms. The van der Waals surface area contributed by atoms with Gasteiger partial charge in [0.05, 0.1) is 26.7 Å². The van der Waals surface area contributed by atoms with Crippen LogP contribution in [0.2, 0.25) is 0 Å². The molecular formula is C26H22FNO7. The number of carbonyl (C=O) groups is 1. The van der Waals surface area contributed by atoms with E-state index in [2.05, 4.69) is 5.32 Å². The standard InChI is InChI=1S/C26H22FNO7/c1-31-23-10-15(11-24(32-2)26(23)33-3)22-13-20(29)19-12-18(8-9-21(19)35-22)34-14-25(30)28-17-6-4-16(27)5-7-17/h4-13H,14H2,1-3H3,(H,28,30). The largest absolute Gasteiger partial charge is 0.493 e. The van der Waals surface area contributed by atoms with Gasteiger partial charge in [-0.05, 0) is 54.6 Å². The first kappa shape index (κ1) is 23.6. The first-order valence-corrected chi connectivity index (χ1v) is 10.5. The van der Waals surface area contributed by atoms with Crippen molar-refractivity contribution in [2.45, 2.75) is 0 Å². The Hall–Kier alpha value is -4.53. The Morgan fingerprint density at radius 1 is 0.914 bits per heavy atom. The van der Waals surface area contributed by atoms with Gasteiger partial charge in [0.25, 0.3) is 5.91 Å². The number of fused-ring (bicyclic) bond motifs is 1.